The molecule has 1 heterocycles. The Balaban J connectivity index is 1.74. The fourth-order valence-electron chi connectivity index (χ4n) is 2.38. The third-order valence-corrected chi connectivity index (χ3v) is 3.64. The monoisotopic (exact) mass is 324 g/mol. The van der Waals surface area contributed by atoms with E-state index in [4.69, 9.17) is 4.42 Å². The minimum absolute atomic E-state index is 0.258. The average molecular weight is 324 g/mol. The Morgan fingerprint density at radius 1 is 1.17 bits per heavy atom. The van der Waals surface area contributed by atoms with Gasteiger partial charge in [0.05, 0.1) is 0 Å². The van der Waals surface area contributed by atoms with Gasteiger partial charge in [-0.05, 0) is 43.7 Å². The first-order chi connectivity index (χ1) is 11.5. The molecular formula is C19H17FN2O2. The molecule has 1 aromatic heterocycles. The number of amides is 1. The molecule has 5 heteroatoms. The van der Waals surface area contributed by atoms with Crippen LogP contribution in [0.3, 0.4) is 0 Å². The summed E-state index contributed by atoms with van der Waals surface area (Å²) in [6, 6.07) is 13.7. The van der Waals surface area contributed by atoms with Crippen molar-refractivity contribution in [1.82, 2.24) is 10.3 Å². The lowest BCUT2D eigenvalue weighted by Crippen LogP contribution is -2.23. The average Bonchev–Trinajstić information content (AvgIpc) is 2.96. The van der Waals surface area contributed by atoms with Crippen molar-refractivity contribution in [2.45, 2.75) is 20.4 Å². The maximum Gasteiger partial charge on any atom is 0.273 e. The van der Waals surface area contributed by atoms with E-state index in [-0.39, 0.29) is 17.4 Å². The van der Waals surface area contributed by atoms with Gasteiger partial charge in [-0.1, -0.05) is 29.8 Å². The summed E-state index contributed by atoms with van der Waals surface area (Å²) in [6.07, 6.45) is 0. The number of aryl methyl sites for hydroxylation is 2. The lowest BCUT2D eigenvalue weighted by Gasteiger charge is -2.03. The van der Waals surface area contributed by atoms with Crippen LogP contribution >= 0.6 is 0 Å². The van der Waals surface area contributed by atoms with Crippen molar-refractivity contribution in [3.05, 3.63) is 76.9 Å². The molecule has 3 aromatic rings. The Labute approximate surface area is 139 Å². The Kier molecular flexibility index (Phi) is 4.42. The predicted molar refractivity (Wildman–Crippen MR) is 89.0 cm³/mol. The molecule has 0 unspecified atom stereocenters. The van der Waals surface area contributed by atoms with Crippen LogP contribution in [0.15, 0.2) is 52.9 Å². The molecule has 0 spiro atoms. The summed E-state index contributed by atoms with van der Waals surface area (Å²) in [6.45, 7) is 3.99. The second-order valence-electron chi connectivity index (χ2n) is 5.60. The lowest BCUT2D eigenvalue weighted by molar-refractivity contribution is 0.0945. The maximum absolute atomic E-state index is 12.9. The van der Waals surface area contributed by atoms with Gasteiger partial charge < -0.3 is 9.73 Å². The molecule has 0 saturated heterocycles. The molecule has 0 fully saturated rings. The molecule has 0 atom stereocenters. The number of halogens is 1. The number of aromatic nitrogens is 1. The summed E-state index contributed by atoms with van der Waals surface area (Å²) in [5, 5.41) is 2.77. The molecule has 4 nitrogen and oxygen atoms in total. The quantitative estimate of drug-likeness (QED) is 0.788. The number of benzene rings is 2. The fraction of sp³-hybridized carbons (Fsp3) is 0.158. The second-order valence-corrected chi connectivity index (χ2v) is 5.60. The van der Waals surface area contributed by atoms with E-state index in [1.165, 1.54) is 12.1 Å². The van der Waals surface area contributed by atoms with E-state index in [0.717, 1.165) is 16.7 Å². The highest BCUT2D eigenvalue weighted by Gasteiger charge is 2.17. The zero-order valence-corrected chi connectivity index (χ0v) is 13.5. The standard InChI is InChI=1S/C19H17FN2O2/c1-12-4-3-5-15(10-12)19-22-17(13(2)24-19)18(23)21-11-14-6-8-16(20)9-7-14/h3-10H,11H2,1-2H3,(H,21,23). The largest absolute Gasteiger partial charge is 0.441 e. The topological polar surface area (TPSA) is 55.1 Å². The van der Waals surface area contributed by atoms with Crippen molar-refractivity contribution in [2.24, 2.45) is 0 Å². The number of hydrogen-bond acceptors (Lipinski definition) is 3. The van der Waals surface area contributed by atoms with Crippen molar-refractivity contribution in [3.8, 4) is 11.5 Å². The molecule has 122 valence electrons. The van der Waals surface area contributed by atoms with Gasteiger partial charge >= 0.3 is 0 Å². The number of nitrogens with one attached hydrogen (secondary N) is 1. The van der Waals surface area contributed by atoms with Gasteiger partial charge in [-0.3, -0.25) is 4.79 Å². The van der Waals surface area contributed by atoms with Gasteiger partial charge in [0.15, 0.2) is 5.69 Å². The fourth-order valence-corrected chi connectivity index (χ4v) is 2.38. The van der Waals surface area contributed by atoms with Gasteiger partial charge in [0.1, 0.15) is 11.6 Å². The molecule has 0 bridgehead atoms. The Bertz CT molecular complexity index is 869. The first-order valence-electron chi connectivity index (χ1n) is 7.60. The van der Waals surface area contributed by atoms with Gasteiger partial charge in [0, 0.05) is 12.1 Å². The molecule has 1 amide bonds. The lowest BCUT2D eigenvalue weighted by atomic mass is 10.1. The van der Waals surface area contributed by atoms with E-state index < -0.39 is 0 Å². The summed E-state index contributed by atoms with van der Waals surface area (Å²) >= 11 is 0. The third-order valence-electron chi connectivity index (χ3n) is 3.64. The summed E-state index contributed by atoms with van der Waals surface area (Å²) in [4.78, 5) is 16.6. The summed E-state index contributed by atoms with van der Waals surface area (Å²) in [5.74, 6) is 0.256. The van der Waals surface area contributed by atoms with Crippen molar-refractivity contribution in [2.75, 3.05) is 0 Å². The van der Waals surface area contributed by atoms with E-state index in [1.807, 2.05) is 31.2 Å². The molecule has 0 aliphatic carbocycles. The molecule has 3 rings (SSSR count). The number of hydrogen-bond donors (Lipinski definition) is 1. The molecule has 0 aliphatic heterocycles. The van der Waals surface area contributed by atoms with Gasteiger partial charge in [-0.2, -0.15) is 0 Å². The molecule has 2 aromatic carbocycles. The van der Waals surface area contributed by atoms with Crippen molar-refractivity contribution >= 4 is 5.91 Å². The van der Waals surface area contributed by atoms with E-state index >= 15 is 0 Å². The third kappa shape index (κ3) is 3.51. The highest BCUT2D eigenvalue weighted by molar-refractivity contribution is 5.93. The van der Waals surface area contributed by atoms with E-state index in [2.05, 4.69) is 10.3 Å². The molecule has 0 radical (unpaired) electrons. The normalized spacial score (nSPS) is 10.6. The van der Waals surface area contributed by atoms with Gasteiger partial charge in [0.2, 0.25) is 5.89 Å². The van der Waals surface area contributed by atoms with E-state index in [0.29, 0.717) is 18.2 Å². The highest BCUT2D eigenvalue weighted by Crippen LogP contribution is 2.22. The van der Waals surface area contributed by atoms with Crippen LogP contribution in [0.1, 0.15) is 27.4 Å². The van der Waals surface area contributed by atoms with Crippen LogP contribution in [0.4, 0.5) is 4.39 Å². The number of carbonyl (C=O) groups excluding carboxylic acids is 1. The van der Waals surface area contributed by atoms with E-state index in [9.17, 15) is 9.18 Å². The number of carbonyl (C=O) groups is 1. The van der Waals surface area contributed by atoms with Crippen LogP contribution in [-0.2, 0) is 6.54 Å². The van der Waals surface area contributed by atoms with Crippen LogP contribution in [0.25, 0.3) is 11.5 Å². The van der Waals surface area contributed by atoms with Crippen LogP contribution in [-0.4, -0.2) is 10.9 Å². The molecule has 1 N–H and O–H groups in total. The molecule has 24 heavy (non-hydrogen) atoms. The SMILES string of the molecule is Cc1cccc(-c2nc(C(=O)NCc3ccc(F)cc3)c(C)o2)c1. The number of oxazole rings is 1. The van der Waals surface area contributed by atoms with Crippen molar-refractivity contribution in [1.29, 1.82) is 0 Å². The molecule has 0 saturated carbocycles. The number of rotatable bonds is 4. The molecule has 0 aliphatic rings. The van der Waals surface area contributed by atoms with E-state index in [1.54, 1.807) is 19.1 Å². The van der Waals surface area contributed by atoms with Crippen LogP contribution in [0.5, 0.6) is 0 Å². The molecular weight excluding hydrogens is 307 g/mol. The minimum Gasteiger partial charge on any atom is -0.441 e. The Morgan fingerprint density at radius 2 is 1.92 bits per heavy atom. The van der Waals surface area contributed by atoms with Crippen LogP contribution in [0.2, 0.25) is 0 Å². The minimum atomic E-state index is -0.320. The zero-order valence-electron chi connectivity index (χ0n) is 13.5. The van der Waals surface area contributed by atoms with Gasteiger partial charge in [-0.25, -0.2) is 9.37 Å². The Hall–Kier alpha value is -2.95. The van der Waals surface area contributed by atoms with Crippen molar-refractivity contribution < 1.29 is 13.6 Å². The van der Waals surface area contributed by atoms with Crippen LogP contribution in [0, 0.1) is 19.7 Å². The smallest absolute Gasteiger partial charge is 0.273 e. The zero-order chi connectivity index (χ0) is 17.1. The Morgan fingerprint density at radius 3 is 2.62 bits per heavy atom. The summed E-state index contributed by atoms with van der Waals surface area (Å²) < 4.78 is 18.5. The second kappa shape index (κ2) is 6.66. The summed E-state index contributed by atoms with van der Waals surface area (Å²) in [5.41, 5.74) is 2.99. The van der Waals surface area contributed by atoms with Crippen LogP contribution < -0.4 is 5.32 Å². The first-order valence-corrected chi connectivity index (χ1v) is 7.60. The van der Waals surface area contributed by atoms with Crippen molar-refractivity contribution in [3.63, 3.8) is 0 Å². The highest BCUT2D eigenvalue weighted by atomic mass is 19.1. The summed E-state index contributed by atoms with van der Waals surface area (Å²) in [7, 11) is 0. The number of nitrogens with zero attached hydrogens (tertiary/aromatic N) is 1. The predicted octanol–water partition coefficient (Wildman–Crippen LogP) is 4.03. The maximum atomic E-state index is 12.9. The first kappa shape index (κ1) is 15.9. The van der Waals surface area contributed by atoms with Gasteiger partial charge in [0.25, 0.3) is 5.91 Å². The van der Waals surface area contributed by atoms with Gasteiger partial charge in [-0.15, -0.1) is 0 Å².